The average Bonchev–Trinajstić information content (AvgIpc) is 2.64. The molecule has 1 atom stereocenters. The van der Waals surface area contributed by atoms with E-state index in [1.165, 1.54) is 0 Å². The number of benzene rings is 1. The number of rotatable bonds is 2. The molecular formula is C9H7FN2O4. The molecule has 0 bridgehead atoms. The van der Waals surface area contributed by atoms with Gasteiger partial charge in [-0.3, -0.25) is 10.1 Å². The molecule has 1 aromatic rings. The van der Waals surface area contributed by atoms with Crippen LogP contribution in [0.2, 0.25) is 0 Å². The molecule has 0 aromatic heterocycles. The van der Waals surface area contributed by atoms with E-state index in [-0.39, 0.29) is 17.8 Å². The zero-order chi connectivity index (χ0) is 11.7. The molecule has 1 N–H and O–H groups in total. The summed E-state index contributed by atoms with van der Waals surface area (Å²) in [4.78, 5) is 20.9. The van der Waals surface area contributed by atoms with Crippen molar-refractivity contribution in [2.45, 2.75) is 6.10 Å². The fourth-order valence-electron chi connectivity index (χ4n) is 1.51. The summed E-state index contributed by atoms with van der Waals surface area (Å²) >= 11 is 0. The molecule has 2 rings (SSSR count). The van der Waals surface area contributed by atoms with Crippen molar-refractivity contribution in [1.82, 2.24) is 5.32 Å². The van der Waals surface area contributed by atoms with Gasteiger partial charge in [-0.2, -0.15) is 0 Å². The second kappa shape index (κ2) is 3.76. The average molecular weight is 226 g/mol. The van der Waals surface area contributed by atoms with Crippen molar-refractivity contribution in [3.63, 3.8) is 0 Å². The van der Waals surface area contributed by atoms with Gasteiger partial charge in [0.05, 0.1) is 17.0 Å². The summed E-state index contributed by atoms with van der Waals surface area (Å²) in [6.07, 6.45) is -1.48. The summed E-state index contributed by atoms with van der Waals surface area (Å²) in [6, 6.07) is 3.05. The van der Waals surface area contributed by atoms with E-state index in [0.29, 0.717) is 0 Å². The minimum atomic E-state index is -0.816. The maximum Gasteiger partial charge on any atom is 0.407 e. The highest BCUT2D eigenvalue weighted by molar-refractivity contribution is 5.70. The van der Waals surface area contributed by atoms with Gasteiger partial charge in [-0.25, -0.2) is 9.18 Å². The first kappa shape index (κ1) is 10.3. The quantitative estimate of drug-likeness (QED) is 0.612. The number of ether oxygens (including phenoxy) is 1. The number of hydrogen-bond acceptors (Lipinski definition) is 4. The van der Waals surface area contributed by atoms with Gasteiger partial charge in [0.25, 0.3) is 5.69 Å². The Bertz CT molecular complexity index is 463. The first-order valence-corrected chi connectivity index (χ1v) is 4.46. The summed E-state index contributed by atoms with van der Waals surface area (Å²) in [6.45, 7) is 0.100. The van der Waals surface area contributed by atoms with Crippen molar-refractivity contribution in [3.8, 4) is 0 Å². The number of hydrogen-bond donors (Lipinski definition) is 1. The third-order valence-electron chi connectivity index (χ3n) is 2.21. The molecule has 0 saturated carbocycles. The standard InChI is InChI=1S/C9H7FN2O4/c10-5-1-2-7(12(14)15)6(3-5)8-4-11-9(13)16-8/h1-3,8H,4H2,(H,11,13). The molecule has 1 fully saturated rings. The molecule has 1 unspecified atom stereocenters. The second-order valence-electron chi connectivity index (χ2n) is 3.24. The largest absolute Gasteiger partial charge is 0.439 e. The molecule has 1 aliphatic rings. The molecule has 1 aromatic carbocycles. The number of amides is 1. The summed E-state index contributed by atoms with van der Waals surface area (Å²) in [7, 11) is 0. The third kappa shape index (κ3) is 1.79. The van der Waals surface area contributed by atoms with E-state index in [0.717, 1.165) is 18.2 Å². The Morgan fingerprint density at radius 3 is 2.88 bits per heavy atom. The van der Waals surface area contributed by atoms with Crippen molar-refractivity contribution in [3.05, 3.63) is 39.7 Å². The minimum absolute atomic E-state index is 0.0587. The predicted molar refractivity (Wildman–Crippen MR) is 50.3 cm³/mol. The van der Waals surface area contributed by atoms with Crippen LogP contribution in [0.25, 0.3) is 0 Å². The van der Waals surface area contributed by atoms with Gasteiger partial charge in [0, 0.05) is 6.07 Å². The lowest BCUT2D eigenvalue weighted by atomic mass is 10.1. The molecule has 1 aliphatic heterocycles. The Labute approximate surface area is 89.2 Å². The van der Waals surface area contributed by atoms with E-state index in [2.05, 4.69) is 5.32 Å². The highest BCUT2D eigenvalue weighted by Crippen LogP contribution is 2.29. The zero-order valence-corrected chi connectivity index (χ0v) is 7.97. The molecule has 1 saturated heterocycles. The van der Waals surface area contributed by atoms with E-state index < -0.39 is 22.9 Å². The summed E-state index contributed by atoms with van der Waals surface area (Å²) in [5.41, 5.74) is -0.203. The van der Waals surface area contributed by atoms with E-state index in [4.69, 9.17) is 4.74 Å². The van der Waals surface area contributed by atoms with Crippen molar-refractivity contribution in [1.29, 1.82) is 0 Å². The van der Waals surface area contributed by atoms with Gasteiger partial charge in [0.1, 0.15) is 5.82 Å². The number of cyclic esters (lactones) is 1. The molecule has 0 aliphatic carbocycles. The van der Waals surface area contributed by atoms with Crippen molar-refractivity contribution < 1.29 is 18.8 Å². The van der Waals surface area contributed by atoms with Gasteiger partial charge < -0.3 is 10.1 Å². The van der Waals surface area contributed by atoms with Gasteiger partial charge in [-0.15, -0.1) is 0 Å². The summed E-state index contributed by atoms with van der Waals surface area (Å²) in [5, 5.41) is 13.0. The van der Waals surface area contributed by atoms with Crippen LogP contribution in [-0.4, -0.2) is 17.6 Å². The van der Waals surface area contributed by atoms with Crippen LogP contribution in [0.3, 0.4) is 0 Å². The monoisotopic (exact) mass is 226 g/mol. The molecule has 1 heterocycles. The third-order valence-corrected chi connectivity index (χ3v) is 2.21. The van der Waals surface area contributed by atoms with E-state index in [1.807, 2.05) is 0 Å². The van der Waals surface area contributed by atoms with Crippen LogP contribution in [-0.2, 0) is 4.74 Å². The number of carbonyl (C=O) groups excluding carboxylic acids is 1. The molecule has 0 spiro atoms. The number of halogens is 1. The minimum Gasteiger partial charge on any atom is -0.439 e. The molecule has 6 nitrogen and oxygen atoms in total. The van der Waals surface area contributed by atoms with Crippen LogP contribution >= 0.6 is 0 Å². The van der Waals surface area contributed by atoms with Gasteiger partial charge in [0.15, 0.2) is 6.10 Å². The predicted octanol–water partition coefficient (Wildman–Crippen LogP) is 1.51. The fourth-order valence-corrected chi connectivity index (χ4v) is 1.51. The van der Waals surface area contributed by atoms with E-state index >= 15 is 0 Å². The topological polar surface area (TPSA) is 81.5 Å². The van der Waals surface area contributed by atoms with Crippen LogP contribution in [0, 0.1) is 15.9 Å². The first-order chi connectivity index (χ1) is 7.58. The molecule has 7 heteroatoms. The maximum atomic E-state index is 13.0. The SMILES string of the molecule is O=C1NCC(c2cc(F)ccc2[N+](=O)[O-])O1. The van der Waals surface area contributed by atoms with Crippen molar-refractivity contribution in [2.75, 3.05) is 6.54 Å². The fraction of sp³-hybridized carbons (Fsp3) is 0.222. The van der Waals surface area contributed by atoms with Crippen LogP contribution < -0.4 is 5.32 Å². The van der Waals surface area contributed by atoms with Crippen LogP contribution in [0.15, 0.2) is 18.2 Å². The Balaban J connectivity index is 2.41. The zero-order valence-electron chi connectivity index (χ0n) is 7.97. The van der Waals surface area contributed by atoms with Gasteiger partial charge in [-0.1, -0.05) is 0 Å². The normalized spacial score (nSPS) is 19.1. The highest BCUT2D eigenvalue weighted by atomic mass is 19.1. The van der Waals surface area contributed by atoms with Crippen molar-refractivity contribution in [2.24, 2.45) is 0 Å². The van der Waals surface area contributed by atoms with Gasteiger partial charge in [-0.05, 0) is 12.1 Å². The lowest BCUT2D eigenvalue weighted by Gasteiger charge is -2.08. The Morgan fingerprint density at radius 1 is 1.56 bits per heavy atom. The lowest BCUT2D eigenvalue weighted by Crippen LogP contribution is -2.12. The molecule has 1 amide bonds. The first-order valence-electron chi connectivity index (χ1n) is 4.46. The second-order valence-corrected chi connectivity index (χ2v) is 3.24. The maximum absolute atomic E-state index is 13.0. The highest BCUT2D eigenvalue weighted by Gasteiger charge is 2.30. The molecule has 84 valence electrons. The number of nitro benzene ring substituents is 1. The van der Waals surface area contributed by atoms with Crippen molar-refractivity contribution >= 4 is 11.8 Å². The molecule has 16 heavy (non-hydrogen) atoms. The number of alkyl carbamates (subject to hydrolysis) is 1. The van der Waals surface area contributed by atoms with Crippen LogP contribution in [0.5, 0.6) is 0 Å². The molecule has 0 radical (unpaired) electrons. The number of nitrogens with one attached hydrogen (secondary N) is 1. The summed E-state index contributed by atoms with van der Waals surface area (Å²) < 4.78 is 17.7. The van der Waals surface area contributed by atoms with E-state index in [9.17, 15) is 19.3 Å². The Morgan fingerprint density at radius 2 is 2.31 bits per heavy atom. The van der Waals surface area contributed by atoms with Gasteiger partial charge >= 0.3 is 6.09 Å². The van der Waals surface area contributed by atoms with E-state index in [1.54, 1.807) is 0 Å². The number of nitrogens with zero attached hydrogens (tertiary/aromatic N) is 1. The number of carbonyl (C=O) groups is 1. The van der Waals surface area contributed by atoms with Gasteiger partial charge in [0.2, 0.25) is 0 Å². The Hall–Kier alpha value is -2.18. The molecular weight excluding hydrogens is 219 g/mol. The number of nitro groups is 1. The van der Waals surface area contributed by atoms with Crippen LogP contribution in [0.4, 0.5) is 14.9 Å². The van der Waals surface area contributed by atoms with Crippen LogP contribution in [0.1, 0.15) is 11.7 Å². The lowest BCUT2D eigenvalue weighted by molar-refractivity contribution is -0.386. The smallest absolute Gasteiger partial charge is 0.407 e. The Kier molecular flexibility index (Phi) is 2.43. The summed E-state index contributed by atoms with van der Waals surface area (Å²) in [5.74, 6) is -0.608.